The van der Waals surface area contributed by atoms with Crippen LogP contribution < -0.4 is 10.1 Å². The van der Waals surface area contributed by atoms with E-state index in [1.807, 2.05) is 0 Å². The van der Waals surface area contributed by atoms with Crippen LogP contribution in [-0.4, -0.2) is 12.2 Å². The van der Waals surface area contributed by atoms with Crippen molar-refractivity contribution >= 4 is 21.6 Å². The van der Waals surface area contributed by atoms with Gasteiger partial charge in [-0.15, -0.1) is 0 Å². The van der Waals surface area contributed by atoms with E-state index in [2.05, 4.69) is 21.2 Å². The first-order valence-corrected chi connectivity index (χ1v) is 6.99. The Labute approximate surface area is 129 Å². The number of hydrogen-bond donors (Lipinski definition) is 2. The molecule has 112 valence electrons. The van der Waals surface area contributed by atoms with E-state index in [0.717, 1.165) is 0 Å². The normalized spacial score (nSPS) is 12.0. The number of hydrogen-bond acceptors (Lipinski definition) is 3. The van der Waals surface area contributed by atoms with Gasteiger partial charge >= 0.3 is 0 Å². The van der Waals surface area contributed by atoms with Crippen molar-refractivity contribution in [2.45, 2.75) is 13.0 Å². The lowest BCUT2D eigenvalue weighted by Gasteiger charge is -2.18. The van der Waals surface area contributed by atoms with Gasteiger partial charge in [0.05, 0.1) is 13.2 Å². The summed E-state index contributed by atoms with van der Waals surface area (Å²) >= 11 is 3.02. The molecule has 0 saturated heterocycles. The molecular weight excluding hydrogens is 344 g/mol. The van der Waals surface area contributed by atoms with Gasteiger partial charge in [-0.05, 0) is 37.3 Å². The van der Waals surface area contributed by atoms with Gasteiger partial charge in [0.1, 0.15) is 28.8 Å². The molecule has 21 heavy (non-hydrogen) atoms. The van der Waals surface area contributed by atoms with Gasteiger partial charge in [0, 0.05) is 10.0 Å². The first-order valence-electron chi connectivity index (χ1n) is 6.20. The van der Waals surface area contributed by atoms with Gasteiger partial charge in [0.25, 0.3) is 0 Å². The maximum absolute atomic E-state index is 13.8. The summed E-state index contributed by atoms with van der Waals surface area (Å²) in [4.78, 5) is 0. The molecule has 0 aliphatic heterocycles. The molecular formula is C15H14BrF2NO2. The van der Waals surface area contributed by atoms with Crippen LogP contribution in [0.5, 0.6) is 11.5 Å². The molecule has 0 amide bonds. The number of nitrogens with one attached hydrogen (secondary N) is 1. The van der Waals surface area contributed by atoms with E-state index < -0.39 is 17.7 Å². The van der Waals surface area contributed by atoms with Crippen LogP contribution in [0.15, 0.2) is 34.8 Å². The van der Waals surface area contributed by atoms with Gasteiger partial charge in [-0.2, -0.15) is 0 Å². The molecule has 2 N–H and O–H groups in total. The predicted molar refractivity (Wildman–Crippen MR) is 80.8 cm³/mol. The molecule has 0 spiro atoms. The summed E-state index contributed by atoms with van der Waals surface area (Å²) in [6.45, 7) is 1.69. The van der Waals surface area contributed by atoms with Gasteiger partial charge in [0.2, 0.25) is 0 Å². The zero-order valence-electron chi connectivity index (χ0n) is 11.5. The number of rotatable bonds is 4. The van der Waals surface area contributed by atoms with Crippen molar-refractivity contribution in [1.82, 2.24) is 0 Å². The Morgan fingerprint density at radius 2 is 1.81 bits per heavy atom. The molecule has 1 atom stereocenters. The maximum atomic E-state index is 13.8. The van der Waals surface area contributed by atoms with E-state index >= 15 is 0 Å². The standard InChI is InChI=1S/C15H14BrF2NO2/c1-8(11-7-10(21-2)3-4-14(11)20)19-15-12(17)5-9(16)6-13(15)18/h3-8,19-20H,1-2H3. The van der Waals surface area contributed by atoms with Crippen LogP contribution in [0.4, 0.5) is 14.5 Å². The first-order chi connectivity index (χ1) is 9.92. The minimum Gasteiger partial charge on any atom is -0.508 e. The third kappa shape index (κ3) is 3.44. The van der Waals surface area contributed by atoms with Crippen molar-refractivity contribution in [3.63, 3.8) is 0 Å². The highest BCUT2D eigenvalue weighted by Crippen LogP contribution is 2.32. The Kier molecular flexibility index (Phi) is 4.67. The third-order valence-corrected chi connectivity index (χ3v) is 3.53. The Hall–Kier alpha value is -1.82. The van der Waals surface area contributed by atoms with E-state index in [4.69, 9.17) is 4.74 Å². The zero-order valence-corrected chi connectivity index (χ0v) is 13.0. The van der Waals surface area contributed by atoms with Crippen LogP contribution in [0.25, 0.3) is 0 Å². The summed E-state index contributed by atoms with van der Waals surface area (Å²) in [5.74, 6) is -0.853. The fraction of sp³-hybridized carbons (Fsp3) is 0.200. The van der Waals surface area contributed by atoms with Gasteiger partial charge in [-0.3, -0.25) is 0 Å². The van der Waals surface area contributed by atoms with Crippen molar-refractivity contribution in [1.29, 1.82) is 0 Å². The van der Waals surface area contributed by atoms with Gasteiger partial charge in [-0.1, -0.05) is 15.9 Å². The highest BCUT2D eigenvalue weighted by molar-refractivity contribution is 9.10. The molecule has 0 saturated carbocycles. The minimum absolute atomic E-state index is 0.0220. The number of phenols is 1. The van der Waals surface area contributed by atoms with Gasteiger partial charge in [-0.25, -0.2) is 8.78 Å². The number of halogens is 3. The topological polar surface area (TPSA) is 41.5 Å². The maximum Gasteiger partial charge on any atom is 0.150 e. The largest absolute Gasteiger partial charge is 0.508 e. The van der Waals surface area contributed by atoms with Crippen LogP contribution in [0, 0.1) is 11.6 Å². The quantitative estimate of drug-likeness (QED) is 0.839. The zero-order chi connectivity index (χ0) is 15.6. The van der Waals surface area contributed by atoms with E-state index in [1.165, 1.54) is 25.3 Å². The fourth-order valence-electron chi connectivity index (χ4n) is 1.98. The molecule has 2 rings (SSSR count). The lowest BCUT2D eigenvalue weighted by Crippen LogP contribution is -2.10. The number of methoxy groups -OCH3 is 1. The molecule has 2 aromatic rings. The lowest BCUT2D eigenvalue weighted by atomic mass is 10.1. The molecule has 0 aliphatic carbocycles. The Morgan fingerprint density at radius 1 is 1.19 bits per heavy atom. The molecule has 0 bridgehead atoms. The highest BCUT2D eigenvalue weighted by Gasteiger charge is 2.17. The average molecular weight is 358 g/mol. The lowest BCUT2D eigenvalue weighted by molar-refractivity contribution is 0.410. The second kappa shape index (κ2) is 6.30. The fourth-order valence-corrected chi connectivity index (χ4v) is 2.38. The second-order valence-electron chi connectivity index (χ2n) is 4.54. The Bertz CT molecular complexity index is 641. The number of benzene rings is 2. The van der Waals surface area contributed by atoms with Crippen molar-refractivity contribution < 1.29 is 18.6 Å². The van der Waals surface area contributed by atoms with Gasteiger partial charge < -0.3 is 15.2 Å². The number of phenolic OH excluding ortho intramolecular Hbond substituents is 1. The summed E-state index contributed by atoms with van der Waals surface area (Å²) in [5.41, 5.74) is 0.240. The number of aromatic hydroxyl groups is 1. The summed E-state index contributed by atoms with van der Waals surface area (Å²) in [5, 5.41) is 12.6. The molecule has 0 radical (unpaired) electrons. The van der Waals surface area contributed by atoms with Crippen molar-refractivity contribution in [3.8, 4) is 11.5 Å². The Balaban J connectivity index is 2.32. The number of ether oxygens (including phenoxy) is 1. The van der Waals surface area contributed by atoms with Crippen molar-refractivity contribution in [2.24, 2.45) is 0 Å². The molecule has 0 aliphatic rings. The van der Waals surface area contributed by atoms with E-state index in [1.54, 1.807) is 19.1 Å². The molecule has 1 unspecified atom stereocenters. The predicted octanol–water partition coefficient (Wildman–Crippen LogP) is 4.61. The number of anilines is 1. The molecule has 3 nitrogen and oxygen atoms in total. The molecule has 0 fully saturated rings. The van der Waals surface area contributed by atoms with E-state index in [9.17, 15) is 13.9 Å². The smallest absolute Gasteiger partial charge is 0.150 e. The first kappa shape index (κ1) is 15.6. The SMILES string of the molecule is COc1ccc(O)c(C(C)Nc2c(F)cc(Br)cc2F)c1. The average Bonchev–Trinajstić information content (AvgIpc) is 2.43. The molecule has 2 aromatic carbocycles. The monoisotopic (exact) mass is 357 g/mol. The van der Waals surface area contributed by atoms with Crippen LogP contribution >= 0.6 is 15.9 Å². The molecule has 0 heterocycles. The Morgan fingerprint density at radius 3 is 2.38 bits per heavy atom. The summed E-state index contributed by atoms with van der Waals surface area (Å²) in [7, 11) is 1.50. The summed E-state index contributed by atoms with van der Waals surface area (Å²) in [6, 6.07) is 6.52. The van der Waals surface area contributed by atoms with Crippen LogP contribution in [0.1, 0.15) is 18.5 Å². The highest BCUT2D eigenvalue weighted by atomic mass is 79.9. The molecule has 6 heteroatoms. The second-order valence-corrected chi connectivity index (χ2v) is 5.45. The summed E-state index contributed by atoms with van der Waals surface area (Å²) in [6.07, 6.45) is 0. The minimum atomic E-state index is -0.712. The summed E-state index contributed by atoms with van der Waals surface area (Å²) < 4.78 is 33.0. The van der Waals surface area contributed by atoms with Crippen LogP contribution in [0.2, 0.25) is 0 Å². The third-order valence-electron chi connectivity index (χ3n) is 3.07. The van der Waals surface area contributed by atoms with E-state index in [0.29, 0.717) is 15.8 Å². The molecule has 0 aromatic heterocycles. The van der Waals surface area contributed by atoms with Crippen LogP contribution in [-0.2, 0) is 0 Å². The van der Waals surface area contributed by atoms with Gasteiger partial charge in [0.15, 0.2) is 0 Å². The van der Waals surface area contributed by atoms with E-state index in [-0.39, 0.29) is 11.4 Å². The van der Waals surface area contributed by atoms with Crippen LogP contribution in [0.3, 0.4) is 0 Å². The van der Waals surface area contributed by atoms with Crippen molar-refractivity contribution in [3.05, 3.63) is 52.0 Å². The van der Waals surface area contributed by atoms with Crippen molar-refractivity contribution in [2.75, 3.05) is 12.4 Å².